The Morgan fingerprint density at radius 3 is 2.34 bits per heavy atom. The van der Waals surface area contributed by atoms with Crippen LogP contribution in [0.25, 0.3) is 22.2 Å². The number of nitrogens with zero attached hydrogens (tertiary/aromatic N) is 4. The van der Waals surface area contributed by atoms with Crippen LogP contribution in [0.1, 0.15) is 85.7 Å². The zero-order chi connectivity index (χ0) is 35.7. The molecule has 3 fully saturated rings. The normalized spacial score (nSPS) is 25.3. The average Bonchev–Trinajstić information content (AvgIpc) is 3.72. The van der Waals surface area contributed by atoms with Crippen molar-refractivity contribution in [3.05, 3.63) is 53.1 Å². The summed E-state index contributed by atoms with van der Waals surface area (Å²) in [5.74, 6) is -0.884. The van der Waals surface area contributed by atoms with Crippen LogP contribution in [0.4, 0.5) is 0 Å². The first-order valence-corrected chi connectivity index (χ1v) is 19.1. The highest BCUT2D eigenvalue weighted by Crippen LogP contribution is 2.60. The number of amides is 3. The summed E-state index contributed by atoms with van der Waals surface area (Å²) in [7, 11) is 2.41. The van der Waals surface area contributed by atoms with E-state index in [9.17, 15) is 22.8 Å². The fourth-order valence-electron chi connectivity index (χ4n) is 8.56. The Morgan fingerprint density at radius 1 is 0.980 bits per heavy atom. The molecule has 2 aromatic carbocycles. The number of fused-ring (bicyclic) bond motifs is 7. The van der Waals surface area contributed by atoms with Crippen molar-refractivity contribution in [1.82, 2.24) is 28.7 Å². The summed E-state index contributed by atoms with van der Waals surface area (Å²) in [6.07, 6.45) is 6.18. The zero-order valence-electron chi connectivity index (χ0n) is 29.8. The molecule has 2 aliphatic carbocycles. The lowest BCUT2D eigenvalue weighted by Gasteiger charge is -2.42. The van der Waals surface area contributed by atoms with Gasteiger partial charge in [-0.2, -0.15) is 12.7 Å². The maximum absolute atomic E-state index is 13.9. The quantitative estimate of drug-likeness (QED) is 0.373. The summed E-state index contributed by atoms with van der Waals surface area (Å²) in [5.41, 5.74) is 4.66. The first-order chi connectivity index (χ1) is 23.7. The van der Waals surface area contributed by atoms with Crippen molar-refractivity contribution in [3.63, 3.8) is 0 Å². The van der Waals surface area contributed by atoms with Crippen LogP contribution in [0.5, 0.6) is 5.75 Å². The molecule has 2 aliphatic heterocycles. The van der Waals surface area contributed by atoms with Gasteiger partial charge in [-0.3, -0.25) is 19.3 Å². The van der Waals surface area contributed by atoms with Gasteiger partial charge in [0.05, 0.1) is 18.3 Å². The number of piperazine rings is 1. The summed E-state index contributed by atoms with van der Waals surface area (Å²) in [6.45, 7) is 5.48. The number of carbonyl (C=O) groups is 3. The lowest BCUT2D eigenvalue weighted by atomic mass is 9.81. The fraction of sp³-hybridized carbons (Fsp3) is 0.541. The lowest BCUT2D eigenvalue weighted by Crippen LogP contribution is -2.59. The van der Waals surface area contributed by atoms with E-state index in [-0.39, 0.29) is 23.6 Å². The Bertz CT molecular complexity index is 1970. The summed E-state index contributed by atoms with van der Waals surface area (Å²) in [5, 5.41) is 4.24. The molecule has 1 saturated heterocycles. The average molecular weight is 705 g/mol. The minimum Gasteiger partial charge on any atom is -0.497 e. The standard InChI is InChI=1S/C37H48N6O6S/c1-22-19-42(20-23(2)41(22)5)36(46)35(45)38-37-18-30(37)29-17-26(49-6)13-15-27(29)33-32(24-10-8-7-9-11-24)28-14-12-25(16-31(28)43(33)21-37)34(44)39-50(47,48)40(3)4/h12-17,22-24,30H,7-11,18-21H2,1-6H3,(H,38,45)(H,39,44)/t22-,23+,30?,37?. The molecular formula is C37H48N6O6S. The van der Waals surface area contributed by atoms with Gasteiger partial charge in [-0.15, -0.1) is 0 Å². The second-order valence-electron chi connectivity index (χ2n) is 15.0. The first-order valence-electron chi connectivity index (χ1n) is 17.7. The van der Waals surface area contributed by atoms with Crippen molar-refractivity contribution in [1.29, 1.82) is 0 Å². The van der Waals surface area contributed by atoms with Crippen molar-refractivity contribution in [3.8, 4) is 17.0 Å². The van der Waals surface area contributed by atoms with Crippen molar-refractivity contribution < 1.29 is 27.5 Å². The molecule has 0 bridgehead atoms. The van der Waals surface area contributed by atoms with Gasteiger partial charge in [0.2, 0.25) is 0 Å². The van der Waals surface area contributed by atoms with Gasteiger partial charge < -0.3 is 19.5 Å². The van der Waals surface area contributed by atoms with Crippen molar-refractivity contribution in [2.75, 3.05) is 41.3 Å². The predicted octanol–water partition coefficient (Wildman–Crippen LogP) is 3.81. The molecular weight excluding hydrogens is 657 g/mol. The van der Waals surface area contributed by atoms with E-state index in [4.69, 9.17) is 4.74 Å². The van der Waals surface area contributed by atoms with E-state index in [2.05, 4.69) is 45.5 Å². The molecule has 2 unspecified atom stereocenters. The number of ether oxygens (including phenoxy) is 1. The summed E-state index contributed by atoms with van der Waals surface area (Å²) in [6, 6.07) is 11.8. The number of hydrogen-bond acceptors (Lipinski definition) is 7. The molecule has 50 heavy (non-hydrogen) atoms. The number of methoxy groups -OCH3 is 1. The van der Waals surface area contributed by atoms with Gasteiger partial charge in [-0.1, -0.05) is 25.3 Å². The minimum atomic E-state index is -4.00. The molecule has 0 radical (unpaired) electrons. The third-order valence-electron chi connectivity index (χ3n) is 11.7. The van der Waals surface area contributed by atoms with E-state index >= 15 is 0 Å². The molecule has 3 amide bonds. The predicted molar refractivity (Wildman–Crippen MR) is 191 cm³/mol. The van der Waals surface area contributed by atoms with Gasteiger partial charge in [0.25, 0.3) is 5.91 Å². The summed E-state index contributed by atoms with van der Waals surface area (Å²) >= 11 is 0. The topological polar surface area (TPSA) is 133 Å². The molecule has 2 N–H and O–H groups in total. The molecule has 1 aromatic heterocycles. The molecule has 0 spiro atoms. The summed E-state index contributed by atoms with van der Waals surface area (Å²) in [4.78, 5) is 44.8. The number of aromatic nitrogens is 1. The van der Waals surface area contributed by atoms with Gasteiger partial charge in [0.1, 0.15) is 5.75 Å². The van der Waals surface area contributed by atoms with Crippen LogP contribution in [0, 0.1) is 0 Å². The van der Waals surface area contributed by atoms with Crippen LogP contribution in [-0.4, -0.2) is 104 Å². The maximum Gasteiger partial charge on any atom is 0.312 e. The van der Waals surface area contributed by atoms with Gasteiger partial charge in [-0.05, 0) is 87.5 Å². The van der Waals surface area contributed by atoms with Crippen LogP contribution in [0.3, 0.4) is 0 Å². The first kappa shape index (κ1) is 34.5. The van der Waals surface area contributed by atoms with Crippen LogP contribution in [0.15, 0.2) is 36.4 Å². The lowest BCUT2D eigenvalue weighted by molar-refractivity contribution is -0.149. The highest BCUT2D eigenvalue weighted by molar-refractivity contribution is 7.87. The number of carbonyl (C=O) groups excluding carboxylic acids is 3. The minimum absolute atomic E-state index is 0.0550. The maximum atomic E-state index is 13.9. The number of nitrogens with one attached hydrogen (secondary N) is 2. The molecule has 3 aromatic rings. The molecule has 7 rings (SSSR count). The third kappa shape index (κ3) is 5.86. The van der Waals surface area contributed by atoms with Gasteiger partial charge in [0, 0.05) is 73.8 Å². The Morgan fingerprint density at radius 2 is 1.68 bits per heavy atom. The fourth-order valence-corrected chi connectivity index (χ4v) is 9.09. The van der Waals surface area contributed by atoms with E-state index in [0.29, 0.717) is 32.0 Å². The van der Waals surface area contributed by atoms with E-state index < -0.39 is 33.5 Å². The van der Waals surface area contributed by atoms with Crippen molar-refractivity contribution in [2.45, 2.75) is 88.4 Å². The largest absolute Gasteiger partial charge is 0.497 e. The molecule has 268 valence electrons. The van der Waals surface area contributed by atoms with E-state index in [1.807, 2.05) is 19.2 Å². The SMILES string of the molecule is COc1ccc2c(c1)C1CC1(NC(=O)C(=O)N1C[C@@H](C)N(C)[C@@H](C)C1)Cn1c-2c(C2CCCCC2)c2ccc(C(=O)NS(=O)(=O)N(C)C)cc21. The van der Waals surface area contributed by atoms with Crippen LogP contribution >= 0.6 is 0 Å². The molecule has 2 saturated carbocycles. The molecule has 4 aliphatic rings. The Balaban J connectivity index is 1.35. The Kier molecular flexibility index (Phi) is 8.75. The van der Waals surface area contributed by atoms with E-state index in [1.165, 1.54) is 26.1 Å². The van der Waals surface area contributed by atoms with Gasteiger partial charge in [-0.25, -0.2) is 4.72 Å². The molecule has 13 heteroatoms. The number of rotatable bonds is 6. The Hall–Kier alpha value is -3.94. The number of benzene rings is 2. The third-order valence-corrected chi connectivity index (χ3v) is 13.1. The van der Waals surface area contributed by atoms with Gasteiger partial charge >= 0.3 is 22.0 Å². The zero-order valence-corrected chi connectivity index (χ0v) is 30.6. The smallest absolute Gasteiger partial charge is 0.312 e. The number of hydrogen-bond donors (Lipinski definition) is 2. The monoisotopic (exact) mass is 704 g/mol. The summed E-state index contributed by atoms with van der Waals surface area (Å²) < 4.78 is 36.2. The highest BCUT2D eigenvalue weighted by Gasteiger charge is 2.59. The van der Waals surface area contributed by atoms with E-state index in [1.54, 1.807) is 24.1 Å². The number of likely N-dealkylation sites (N-methyl/N-ethyl adjacent to an activating group) is 1. The molecule has 12 nitrogen and oxygen atoms in total. The second-order valence-corrected chi connectivity index (χ2v) is 16.9. The highest BCUT2D eigenvalue weighted by atomic mass is 32.2. The molecule has 3 heterocycles. The molecule has 4 atom stereocenters. The second kappa shape index (κ2) is 12.7. The van der Waals surface area contributed by atoms with Gasteiger partial charge in [0.15, 0.2) is 0 Å². The van der Waals surface area contributed by atoms with Crippen LogP contribution in [0.2, 0.25) is 0 Å². The van der Waals surface area contributed by atoms with Crippen LogP contribution < -0.4 is 14.8 Å². The Labute approximate surface area is 294 Å². The van der Waals surface area contributed by atoms with E-state index in [0.717, 1.165) is 63.5 Å². The van der Waals surface area contributed by atoms with Crippen molar-refractivity contribution in [2.24, 2.45) is 0 Å². The van der Waals surface area contributed by atoms with Crippen molar-refractivity contribution >= 4 is 38.8 Å². The van der Waals surface area contributed by atoms with Crippen LogP contribution in [-0.2, 0) is 26.3 Å².